The molecule has 0 radical (unpaired) electrons. The molecule has 0 N–H and O–H groups in total. The molecule has 4 rings (SSSR count). The van der Waals surface area contributed by atoms with E-state index in [1.54, 1.807) is 17.2 Å². The lowest BCUT2D eigenvalue weighted by Gasteiger charge is -2.31. The van der Waals surface area contributed by atoms with Crippen LogP contribution in [0.2, 0.25) is 5.02 Å². The lowest BCUT2D eigenvalue weighted by molar-refractivity contribution is 0.492. The molecule has 24 heavy (non-hydrogen) atoms. The molecule has 5 nitrogen and oxygen atoms in total. The van der Waals surface area contributed by atoms with Crippen molar-refractivity contribution in [3.63, 3.8) is 0 Å². The molecule has 1 aliphatic heterocycles. The van der Waals surface area contributed by atoms with Gasteiger partial charge in [-0.15, -0.1) is 0 Å². The Labute approximate surface area is 145 Å². The van der Waals surface area contributed by atoms with Gasteiger partial charge in [0.05, 0.1) is 30.3 Å². The maximum absolute atomic E-state index is 6.10. The van der Waals surface area contributed by atoms with E-state index in [1.165, 1.54) is 11.1 Å². The predicted octanol–water partition coefficient (Wildman–Crippen LogP) is 3.50. The fourth-order valence-corrected chi connectivity index (χ4v) is 3.34. The largest absolute Gasteiger partial charge is 0.366 e. The maximum atomic E-state index is 6.10. The molecule has 0 bridgehead atoms. The normalized spacial score (nSPS) is 15.2. The van der Waals surface area contributed by atoms with Gasteiger partial charge in [0.2, 0.25) is 0 Å². The van der Waals surface area contributed by atoms with Gasteiger partial charge in [0.1, 0.15) is 0 Å². The van der Waals surface area contributed by atoms with Crippen molar-refractivity contribution in [1.29, 1.82) is 0 Å². The average molecular weight is 340 g/mol. The topological polar surface area (TPSA) is 46.8 Å². The van der Waals surface area contributed by atoms with E-state index >= 15 is 0 Å². The summed E-state index contributed by atoms with van der Waals surface area (Å²) in [4.78, 5) is 8.49. The molecule has 1 atom stereocenters. The first-order valence-electron chi connectivity index (χ1n) is 8.04. The van der Waals surface area contributed by atoms with Crippen molar-refractivity contribution in [2.24, 2.45) is 0 Å². The molecule has 0 aliphatic carbocycles. The van der Waals surface area contributed by atoms with Gasteiger partial charge in [0, 0.05) is 24.3 Å². The van der Waals surface area contributed by atoms with Gasteiger partial charge in [-0.1, -0.05) is 17.7 Å². The van der Waals surface area contributed by atoms with Crippen LogP contribution in [-0.2, 0) is 13.0 Å². The van der Waals surface area contributed by atoms with Crippen molar-refractivity contribution in [3.05, 3.63) is 70.8 Å². The number of benzene rings is 1. The van der Waals surface area contributed by atoms with E-state index in [2.05, 4.69) is 45.2 Å². The highest BCUT2D eigenvalue weighted by Crippen LogP contribution is 2.28. The number of pyridine rings is 1. The van der Waals surface area contributed by atoms with E-state index in [1.807, 2.05) is 18.5 Å². The zero-order valence-corrected chi connectivity index (χ0v) is 14.2. The van der Waals surface area contributed by atoms with E-state index in [4.69, 9.17) is 11.6 Å². The molecular formula is C18H18ClN5. The van der Waals surface area contributed by atoms with Crippen LogP contribution in [0.3, 0.4) is 0 Å². The number of hydrogen-bond donors (Lipinski definition) is 0. The second-order valence-electron chi connectivity index (χ2n) is 6.09. The predicted molar refractivity (Wildman–Crippen MR) is 94.3 cm³/mol. The zero-order chi connectivity index (χ0) is 16.5. The highest BCUT2D eigenvalue weighted by Gasteiger charge is 2.18. The smallest absolute Gasteiger partial charge is 0.0953 e. The Morgan fingerprint density at radius 2 is 1.92 bits per heavy atom. The summed E-state index contributed by atoms with van der Waals surface area (Å²) in [5.74, 6) is 0. The summed E-state index contributed by atoms with van der Waals surface area (Å²) in [6.45, 7) is 3.92. The Morgan fingerprint density at radius 3 is 2.75 bits per heavy atom. The van der Waals surface area contributed by atoms with Crippen LogP contribution < -0.4 is 4.90 Å². The van der Waals surface area contributed by atoms with E-state index in [9.17, 15) is 0 Å². The van der Waals surface area contributed by atoms with Crippen LogP contribution in [0.15, 0.2) is 49.1 Å². The van der Waals surface area contributed by atoms with Crippen molar-refractivity contribution < 1.29 is 0 Å². The van der Waals surface area contributed by atoms with Crippen LogP contribution in [0.4, 0.5) is 5.69 Å². The average Bonchev–Trinajstić information content (AvgIpc) is 3.15. The Bertz CT molecular complexity index is 846. The van der Waals surface area contributed by atoms with E-state index in [0.29, 0.717) is 0 Å². The van der Waals surface area contributed by atoms with Crippen LogP contribution >= 0.6 is 11.6 Å². The molecule has 3 heterocycles. The highest BCUT2D eigenvalue weighted by atomic mass is 35.5. The number of halogens is 1. The second-order valence-corrected chi connectivity index (χ2v) is 6.52. The maximum Gasteiger partial charge on any atom is 0.0953 e. The van der Waals surface area contributed by atoms with E-state index in [0.717, 1.165) is 35.8 Å². The van der Waals surface area contributed by atoms with Crippen LogP contribution in [0.5, 0.6) is 0 Å². The lowest BCUT2D eigenvalue weighted by atomic mass is 9.99. The molecule has 1 unspecified atom stereocenters. The van der Waals surface area contributed by atoms with Crippen molar-refractivity contribution in [1.82, 2.24) is 20.0 Å². The SMILES string of the molecule is CC(c1cncc(N2CCc3cc(Cl)ccc3C2)c1)n1nccn1. The lowest BCUT2D eigenvalue weighted by Crippen LogP contribution is -2.30. The summed E-state index contributed by atoms with van der Waals surface area (Å²) < 4.78 is 0. The minimum Gasteiger partial charge on any atom is -0.366 e. The minimum absolute atomic E-state index is 0.0586. The summed E-state index contributed by atoms with van der Waals surface area (Å²) in [5.41, 5.74) is 4.91. The molecule has 0 fully saturated rings. The molecule has 1 aliphatic rings. The molecule has 0 spiro atoms. The Hall–Kier alpha value is -2.40. The highest BCUT2D eigenvalue weighted by molar-refractivity contribution is 6.30. The van der Waals surface area contributed by atoms with Gasteiger partial charge in [-0.3, -0.25) is 4.98 Å². The summed E-state index contributed by atoms with van der Waals surface area (Å²) in [7, 11) is 0. The molecule has 1 aromatic carbocycles. The zero-order valence-electron chi connectivity index (χ0n) is 13.4. The first kappa shape index (κ1) is 15.1. The fraction of sp³-hybridized carbons (Fsp3) is 0.278. The third-order valence-electron chi connectivity index (χ3n) is 4.56. The number of hydrogen-bond acceptors (Lipinski definition) is 4. The van der Waals surface area contributed by atoms with Gasteiger partial charge in [-0.05, 0) is 48.2 Å². The quantitative estimate of drug-likeness (QED) is 0.732. The van der Waals surface area contributed by atoms with E-state index < -0.39 is 0 Å². The van der Waals surface area contributed by atoms with Gasteiger partial charge in [-0.2, -0.15) is 15.0 Å². The molecule has 3 aromatic rings. The Balaban J connectivity index is 1.59. The Morgan fingerprint density at radius 1 is 1.08 bits per heavy atom. The Kier molecular flexibility index (Phi) is 3.94. The van der Waals surface area contributed by atoms with Crippen molar-refractivity contribution in [3.8, 4) is 0 Å². The van der Waals surface area contributed by atoms with Gasteiger partial charge in [-0.25, -0.2) is 0 Å². The van der Waals surface area contributed by atoms with Gasteiger partial charge in [0.15, 0.2) is 0 Å². The summed E-state index contributed by atoms with van der Waals surface area (Å²) in [6.07, 6.45) is 8.19. The van der Waals surface area contributed by atoms with Crippen molar-refractivity contribution in [2.45, 2.75) is 25.9 Å². The third kappa shape index (κ3) is 2.87. The van der Waals surface area contributed by atoms with Crippen LogP contribution in [0.1, 0.15) is 29.7 Å². The molecule has 122 valence electrons. The number of rotatable bonds is 3. The van der Waals surface area contributed by atoms with E-state index in [-0.39, 0.29) is 6.04 Å². The van der Waals surface area contributed by atoms with Crippen LogP contribution in [0.25, 0.3) is 0 Å². The summed E-state index contributed by atoms with van der Waals surface area (Å²) >= 11 is 6.10. The fourth-order valence-electron chi connectivity index (χ4n) is 3.15. The molecular weight excluding hydrogens is 322 g/mol. The third-order valence-corrected chi connectivity index (χ3v) is 4.79. The van der Waals surface area contributed by atoms with Gasteiger partial charge < -0.3 is 4.90 Å². The molecule has 2 aromatic heterocycles. The van der Waals surface area contributed by atoms with Crippen LogP contribution in [0, 0.1) is 0 Å². The van der Waals surface area contributed by atoms with Crippen LogP contribution in [-0.4, -0.2) is 26.5 Å². The number of anilines is 1. The molecule has 6 heteroatoms. The monoisotopic (exact) mass is 339 g/mol. The summed E-state index contributed by atoms with van der Waals surface area (Å²) in [6, 6.07) is 8.40. The molecule has 0 amide bonds. The molecule has 0 saturated heterocycles. The van der Waals surface area contributed by atoms with Gasteiger partial charge in [0.25, 0.3) is 0 Å². The van der Waals surface area contributed by atoms with Crippen molar-refractivity contribution >= 4 is 17.3 Å². The first-order valence-corrected chi connectivity index (χ1v) is 8.41. The summed E-state index contributed by atoms with van der Waals surface area (Å²) in [5, 5.41) is 9.26. The van der Waals surface area contributed by atoms with Gasteiger partial charge >= 0.3 is 0 Å². The number of fused-ring (bicyclic) bond motifs is 1. The number of aromatic nitrogens is 4. The number of nitrogens with zero attached hydrogens (tertiary/aromatic N) is 5. The minimum atomic E-state index is 0.0586. The second kappa shape index (κ2) is 6.24. The van der Waals surface area contributed by atoms with Crippen molar-refractivity contribution in [2.75, 3.05) is 11.4 Å². The molecule has 0 saturated carbocycles. The standard InChI is InChI=1S/C18H18ClN5/c1-13(24-21-5-6-22-24)16-9-18(11-20-10-16)23-7-4-14-8-17(19)3-2-15(14)12-23/h2-3,5-6,8-11,13H,4,7,12H2,1H3. The first-order chi connectivity index (χ1) is 11.7.